The summed E-state index contributed by atoms with van der Waals surface area (Å²) in [7, 11) is 1.65. The van der Waals surface area contributed by atoms with Gasteiger partial charge >= 0.3 is 0 Å². The standard InChI is InChI=1S/C10H17N3O2/c1-6-5-7(6)9-12-10(15-13-9)8(11)3-4-14-2/h6-8H,3-5,11H2,1-2H3. The molecule has 1 saturated carbocycles. The van der Waals surface area contributed by atoms with Crippen molar-refractivity contribution in [2.45, 2.75) is 31.7 Å². The molecule has 0 saturated heterocycles. The number of aromatic nitrogens is 2. The van der Waals surface area contributed by atoms with Crippen LogP contribution in [0, 0.1) is 5.92 Å². The average molecular weight is 211 g/mol. The average Bonchev–Trinajstić information content (AvgIpc) is 2.80. The van der Waals surface area contributed by atoms with Gasteiger partial charge in [-0.15, -0.1) is 0 Å². The molecule has 84 valence electrons. The van der Waals surface area contributed by atoms with Crippen LogP contribution in [-0.4, -0.2) is 23.9 Å². The van der Waals surface area contributed by atoms with Crippen molar-refractivity contribution in [2.75, 3.05) is 13.7 Å². The molecule has 0 amide bonds. The first-order valence-electron chi connectivity index (χ1n) is 5.30. The molecular formula is C10H17N3O2. The molecule has 5 heteroatoms. The third kappa shape index (κ3) is 2.35. The molecule has 2 N–H and O–H groups in total. The van der Waals surface area contributed by atoms with E-state index in [9.17, 15) is 0 Å². The first-order valence-corrected chi connectivity index (χ1v) is 5.30. The summed E-state index contributed by atoms with van der Waals surface area (Å²) in [6.07, 6.45) is 1.87. The van der Waals surface area contributed by atoms with E-state index in [-0.39, 0.29) is 6.04 Å². The van der Waals surface area contributed by atoms with Crippen LogP contribution < -0.4 is 5.73 Å². The fourth-order valence-corrected chi connectivity index (χ4v) is 1.60. The van der Waals surface area contributed by atoms with Crippen LogP contribution >= 0.6 is 0 Å². The topological polar surface area (TPSA) is 74.2 Å². The van der Waals surface area contributed by atoms with Gasteiger partial charge in [-0.05, 0) is 18.8 Å². The highest BCUT2D eigenvalue weighted by Gasteiger charge is 2.38. The number of rotatable bonds is 5. The Bertz CT molecular complexity index is 326. The molecule has 0 radical (unpaired) electrons. The third-order valence-electron chi connectivity index (χ3n) is 2.85. The van der Waals surface area contributed by atoms with Gasteiger partial charge in [-0.2, -0.15) is 4.98 Å². The third-order valence-corrected chi connectivity index (χ3v) is 2.85. The molecule has 0 aromatic carbocycles. The minimum atomic E-state index is -0.208. The van der Waals surface area contributed by atoms with Gasteiger partial charge in [0.1, 0.15) is 0 Å². The summed E-state index contributed by atoms with van der Waals surface area (Å²) >= 11 is 0. The van der Waals surface area contributed by atoms with Crippen molar-refractivity contribution in [1.29, 1.82) is 0 Å². The first kappa shape index (κ1) is 10.6. The lowest BCUT2D eigenvalue weighted by molar-refractivity contribution is 0.182. The van der Waals surface area contributed by atoms with E-state index in [1.54, 1.807) is 7.11 Å². The smallest absolute Gasteiger partial charge is 0.243 e. The predicted molar refractivity (Wildman–Crippen MR) is 54.2 cm³/mol. The Morgan fingerprint density at radius 2 is 2.40 bits per heavy atom. The summed E-state index contributed by atoms with van der Waals surface area (Å²) in [6, 6.07) is -0.208. The van der Waals surface area contributed by atoms with Crippen LogP contribution in [0.25, 0.3) is 0 Å². The van der Waals surface area contributed by atoms with Crippen molar-refractivity contribution in [3.05, 3.63) is 11.7 Å². The Kier molecular flexibility index (Phi) is 3.02. The normalized spacial score (nSPS) is 26.6. The second-order valence-corrected chi connectivity index (χ2v) is 4.20. The number of ether oxygens (including phenoxy) is 1. The van der Waals surface area contributed by atoms with Crippen LogP contribution in [0.4, 0.5) is 0 Å². The molecular weight excluding hydrogens is 194 g/mol. The first-order chi connectivity index (χ1) is 7.22. The van der Waals surface area contributed by atoms with Crippen molar-refractivity contribution in [3.8, 4) is 0 Å². The summed E-state index contributed by atoms with van der Waals surface area (Å²) in [5.74, 6) is 2.51. The molecule has 1 aliphatic rings. The zero-order valence-electron chi connectivity index (χ0n) is 9.14. The lowest BCUT2D eigenvalue weighted by Crippen LogP contribution is -2.13. The van der Waals surface area contributed by atoms with Crippen molar-refractivity contribution in [2.24, 2.45) is 11.7 Å². The van der Waals surface area contributed by atoms with Gasteiger partial charge in [-0.25, -0.2) is 0 Å². The predicted octanol–water partition coefficient (Wildman–Crippen LogP) is 1.23. The largest absolute Gasteiger partial charge is 0.385 e. The van der Waals surface area contributed by atoms with Crippen molar-refractivity contribution < 1.29 is 9.26 Å². The molecule has 1 aromatic heterocycles. The molecule has 2 rings (SSSR count). The molecule has 5 nitrogen and oxygen atoms in total. The van der Waals surface area contributed by atoms with Gasteiger partial charge in [-0.3, -0.25) is 0 Å². The second-order valence-electron chi connectivity index (χ2n) is 4.20. The second kappa shape index (κ2) is 4.28. The lowest BCUT2D eigenvalue weighted by atomic mass is 10.2. The van der Waals surface area contributed by atoms with Crippen LogP contribution in [0.2, 0.25) is 0 Å². The quantitative estimate of drug-likeness (QED) is 0.792. The minimum absolute atomic E-state index is 0.208. The van der Waals surface area contributed by atoms with E-state index in [4.69, 9.17) is 15.0 Å². The Labute approximate surface area is 89.0 Å². The van der Waals surface area contributed by atoms with Crippen molar-refractivity contribution in [1.82, 2.24) is 10.1 Å². The van der Waals surface area contributed by atoms with Crippen LogP contribution in [-0.2, 0) is 4.74 Å². The summed E-state index contributed by atoms with van der Waals surface area (Å²) in [5, 5.41) is 3.95. The van der Waals surface area contributed by atoms with Gasteiger partial charge in [0.25, 0.3) is 0 Å². The van der Waals surface area contributed by atoms with Crippen LogP contribution in [0.3, 0.4) is 0 Å². The summed E-state index contributed by atoms with van der Waals surface area (Å²) in [5.41, 5.74) is 5.87. The molecule has 1 heterocycles. The number of hydrogen-bond acceptors (Lipinski definition) is 5. The zero-order valence-corrected chi connectivity index (χ0v) is 9.14. The molecule has 1 aromatic rings. The fourth-order valence-electron chi connectivity index (χ4n) is 1.60. The van der Waals surface area contributed by atoms with Crippen molar-refractivity contribution in [3.63, 3.8) is 0 Å². The van der Waals surface area contributed by atoms with Gasteiger partial charge in [0, 0.05) is 19.6 Å². The van der Waals surface area contributed by atoms with Gasteiger partial charge < -0.3 is 15.0 Å². The van der Waals surface area contributed by atoms with Gasteiger partial charge in [-0.1, -0.05) is 12.1 Å². The molecule has 1 aliphatic carbocycles. The molecule has 3 atom stereocenters. The van der Waals surface area contributed by atoms with Gasteiger partial charge in [0.2, 0.25) is 5.89 Å². The molecule has 1 fully saturated rings. The number of nitrogens with zero attached hydrogens (tertiary/aromatic N) is 2. The highest BCUT2D eigenvalue weighted by Crippen LogP contribution is 2.45. The summed E-state index contributed by atoms with van der Waals surface area (Å²) < 4.78 is 10.1. The van der Waals surface area contributed by atoms with E-state index < -0.39 is 0 Å². The highest BCUT2D eigenvalue weighted by molar-refractivity contribution is 5.08. The van der Waals surface area contributed by atoms with Crippen molar-refractivity contribution >= 4 is 0 Å². The van der Waals surface area contributed by atoms with E-state index in [2.05, 4.69) is 17.1 Å². The fraction of sp³-hybridized carbons (Fsp3) is 0.800. The minimum Gasteiger partial charge on any atom is -0.385 e. The van der Waals surface area contributed by atoms with Gasteiger partial charge in [0.15, 0.2) is 5.82 Å². The van der Waals surface area contributed by atoms with E-state index >= 15 is 0 Å². The zero-order chi connectivity index (χ0) is 10.8. The van der Waals surface area contributed by atoms with Crippen LogP contribution in [0.5, 0.6) is 0 Å². The lowest BCUT2D eigenvalue weighted by Gasteiger charge is -2.04. The highest BCUT2D eigenvalue weighted by atomic mass is 16.5. The maximum absolute atomic E-state index is 5.87. The van der Waals surface area contributed by atoms with Gasteiger partial charge in [0.05, 0.1) is 6.04 Å². The van der Waals surface area contributed by atoms with Crippen LogP contribution in [0.15, 0.2) is 4.52 Å². The Morgan fingerprint density at radius 1 is 1.67 bits per heavy atom. The molecule has 3 unspecified atom stereocenters. The Hall–Kier alpha value is -0.940. The Balaban J connectivity index is 1.94. The molecule has 0 aliphatic heterocycles. The SMILES string of the molecule is COCCC(N)c1nc(C2CC2C)no1. The number of nitrogens with two attached hydrogens (primary N) is 1. The number of hydrogen-bond donors (Lipinski definition) is 1. The van der Waals surface area contributed by atoms with E-state index in [1.165, 1.54) is 0 Å². The van der Waals surface area contributed by atoms with E-state index in [0.717, 1.165) is 12.2 Å². The van der Waals surface area contributed by atoms with E-state index in [1.807, 2.05) is 0 Å². The summed E-state index contributed by atoms with van der Waals surface area (Å²) in [6.45, 7) is 2.80. The van der Waals surface area contributed by atoms with E-state index in [0.29, 0.717) is 30.8 Å². The maximum Gasteiger partial charge on any atom is 0.243 e. The summed E-state index contributed by atoms with van der Waals surface area (Å²) in [4.78, 5) is 4.32. The van der Waals surface area contributed by atoms with Crippen LogP contribution in [0.1, 0.15) is 43.4 Å². The molecule has 0 bridgehead atoms. The monoisotopic (exact) mass is 211 g/mol. The molecule has 0 spiro atoms. The molecule has 15 heavy (non-hydrogen) atoms. The number of methoxy groups -OCH3 is 1. The Morgan fingerprint density at radius 3 is 3.00 bits per heavy atom. The maximum atomic E-state index is 5.87.